The number of methoxy groups -OCH3 is 1. The number of hydrogen-bond acceptors (Lipinski definition) is 12. The van der Waals surface area contributed by atoms with Gasteiger partial charge in [-0.1, -0.05) is 20.8 Å². The van der Waals surface area contributed by atoms with E-state index < -0.39 is 59.7 Å². The number of carbonyl (C=O) groups excluding carboxylic acids is 8. The number of nitrogens with two attached hydrogens (primary N) is 1. The van der Waals surface area contributed by atoms with Crippen molar-refractivity contribution < 1.29 is 52.2 Å². The van der Waals surface area contributed by atoms with Gasteiger partial charge >= 0.3 is 18.1 Å². The zero-order chi connectivity index (χ0) is 52.0. The molecule has 2 aliphatic heterocycles. The zero-order valence-corrected chi connectivity index (χ0v) is 41.6. The SMILES string of the molecule is CCC(=O)N[C@H](C(=O)N[C@@H](CCCNC(N)=O)C(=O)Nc1ccc(C(=O)Nc2ccc3oc(C(=O)N4C[C@@H](CCl)c5c4cc(OC(=O)N4CCN(C)CC4)c4[nH]c(C)c(C(=O)OC)c54)cc3c2)cc1)C(C)C. The fourth-order valence-electron chi connectivity index (χ4n) is 8.79. The quantitative estimate of drug-likeness (QED) is 0.0350. The van der Waals surface area contributed by atoms with Gasteiger partial charge in [-0.05, 0) is 86.8 Å². The minimum Gasteiger partial charge on any atom is -0.465 e. The average molecular weight is 1010 g/mol. The number of fused-ring (bicyclic) bond motifs is 4. The number of amides is 8. The maximum Gasteiger partial charge on any atom is 0.415 e. The first-order chi connectivity index (χ1) is 34.4. The number of anilines is 3. The number of primary amides is 1. The number of hydrogen-bond donors (Lipinski definition) is 7. The molecule has 7 rings (SSSR count). The van der Waals surface area contributed by atoms with E-state index in [4.69, 9.17) is 31.2 Å². The lowest BCUT2D eigenvalue weighted by molar-refractivity contribution is -0.132. The number of alkyl halides is 1. The van der Waals surface area contributed by atoms with Crippen molar-refractivity contribution in [3.63, 3.8) is 0 Å². The summed E-state index contributed by atoms with van der Waals surface area (Å²) in [5.74, 6) is -3.54. The van der Waals surface area contributed by atoms with Crippen molar-refractivity contribution >= 4 is 98.2 Å². The Labute approximate surface area is 419 Å². The molecule has 0 bridgehead atoms. The third-order valence-corrected chi connectivity index (χ3v) is 13.1. The van der Waals surface area contributed by atoms with E-state index in [9.17, 15) is 38.4 Å². The third kappa shape index (κ3) is 11.6. The van der Waals surface area contributed by atoms with Crippen molar-refractivity contribution in [3.8, 4) is 5.75 Å². The molecule has 1 saturated heterocycles. The fourth-order valence-corrected chi connectivity index (χ4v) is 9.04. The van der Waals surface area contributed by atoms with Crippen molar-refractivity contribution in [2.75, 3.05) is 74.8 Å². The molecule has 0 spiro atoms. The van der Waals surface area contributed by atoms with Crippen molar-refractivity contribution in [2.45, 2.75) is 65.0 Å². The summed E-state index contributed by atoms with van der Waals surface area (Å²) in [6.45, 7) is 9.46. The molecule has 8 amide bonds. The Hall–Kier alpha value is -7.65. The van der Waals surface area contributed by atoms with Gasteiger partial charge in [-0.3, -0.25) is 24.0 Å². The molecule has 21 nitrogen and oxygen atoms in total. The summed E-state index contributed by atoms with van der Waals surface area (Å²) in [7, 11) is 3.25. The van der Waals surface area contributed by atoms with Gasteiger partial charge in [-0.2, -0.15) is 0 Å². The minimum absolute atomic E-state index is 0.0195. The second-order valence-corrected chi connectivity index (χ2v) is 18.4. The highest BCUT2D eigenvalue weighted by molar-refractivity contribution is 6.20. The Morgan fingerprint density at radius 1 is 0.917 bits per heavy atom. The number of rotatable bonds is 17. The molecule has 382 valence electrons. The lowest BCUT2D eigenvalue weighted by Crippen LogP contribution is -2.54. The van der Waals surface area contributed by atoms with Gasteiger partial charge in [0.05, 0.1) is 23.9 Å². The molecule has 2 aliphatic rings. The van der Waals surface area contributed by atoms with Crippen LogP contribution in [0.5, 0.6) is 5.75 Å². The maximum atomic E-state index is 14.5. The van der Waals surface area contributed by atoms with Crippen molar-refractivity contribution in [3.05, 3.63) is 82.7 Å². The molecule has 0 aliphatic carbocycles. The third-order valence-electron chi connectivity index (χ3n) is 12.7. The number of nitrogens with zero attached hydrogens (tertiary/aromatic N) is 3. The monoisotopic (exact) mass is 1010 g/mol. The molecular weight excluding hydrogens is 952 g/mol. The van der Waals surface area contributed by atoms with Crippen LogP contribution in [0.1, 0.15) is 88.5 Å². The first-order valence-corrected chi connectivity index (χ1v) is 24.1. The average Bonchev–Trinajstić information content (AvgIpc) is 4.06. The smallest absolute Gasteiger partial charge is 0.415 e. The van der Waals surface area contributed by atoms with Gasteiger partial charge in [0.25, 0.3) is 11.8 Å². The molecule has 2 aromatic heterocycles. The maximum absolute atomic E-state index is 14.5. The molecular formula is C50H59ClN10O11. The van der Waals surface area contributed by atoms with Gasteiger partial charge < -0.3 is 65.9 Å². The molecule has 0 saturated carbocycles. The number of aromatic amines is 1. The summed E-state index contributed by atoms with van der Waals surface area (Å²) < 4.78 is 17.3. The normalized spacial score (nSPS) is 15.4. The Kier molecular flexibility index (Phi) is 16.4. The Morgan fingerprint density at radius 2 is 1.62 bits per heavy atom. The first-order valence-electron chi connectivity index (χ1n) is 23.6. The van der Waals surface area contributed by atoms with Gasteiger partial charge in [0, 0.05) is 97.0 Å². The number of furan rings is 1. The van der Waals surface area contributed by atoms with E-state index in [1.54, 1.807) is 62.9 Å². The van der Waals surface area contributed by atoms with Gasteiger partial charge in [0.1, 0.15) is 17.7 Å². The van der Waals surface area contributed by atoms with Crippen LogP contribution in [0.25, 0.3) is 21.9 Å². The molecule has 3 atom stereocenters. The number of H-pyrrole nitrogens is 1. The van der Waals surface area contributed by atoms with Crippen LogP contribution in [0.4, 0.5) is 26.7 Å². The highest BCUT2D eigenvalue weighted by Crippen LogP contribution is 2.48. The van der Waals surface area contributed by atoms with E-state index in [0.29, 0.717) is 82.8 Å². The van der Waals surface area contributed by atoms with E-state index in [0.717, 1.165) is 0 Å². The Morgan fingerprint density at radius 3 is 2.28 bits per heavy atom. The van der Waals surface area contributed by atoms with Gasteiger partial charge in [0.15, 0.2) is 11.5 Å². The number of aryl methyl sites for hydroxylation is 1. The summed E-state index contributed by atoms with van der Waals surface area (Å²) in [6, 6.07) is 11.5. The second kappa shape index (κ2) is 22.6. The lowest BCUT2D eigenvalue weighted by Gasteiger charge is -2.31. The largest absolute Gasteiger partial charge is 0.465 e. The van der Waals surface area contributed by atoms with Gasteiger partial charge in [0.2, 0.25) is 17.7 Å². The van der Waals surface area contributed by atoms with Crippen LogP contribution >= 0.6 is 11.6 Å². The predicted octanol–water partition coefficient (Wildman–Crippen LogP) is 5.41. The van der Waals surface area contributed by atoms with Crippen LogP contribution in [0.2, 0.25) is 0 Å². The topological polar surface area (TPSA) is 280 Å². The summed E-state index contributed by atoms with van der Waals surface area (Å²) in [6.07, 6.45) is 0.0348. The zero-order valence-electron chi connectivity index (χ0n) is 40.9. The van der Waals surface area contributed by atoms with Crippen LogP contribution in [-0.2, 0) is 19.1 Å². The Balaban J connectivity index is 1.07. The predicted molar refractivity (Wildman–Crippen MR) is 270 cm³/mol. The molecule has 5 aromatic rings. The van der Waals surface area contributed by atoms with E-state index >= 15 is 0 Å². The number of esters is 1. The number of halogens is 1. The summed E-state index contributed by atoms with van der Waals surface area (Å²) in [4.78, 5) is 113. The molecule has 8 N–H and O–H groups in total. The van der Waals surface area contributed by atoms with Crippen molar-refractivity contribution in [2.24, 2.45) is 11.7 Å². The summed E-state index contributed by atoms with van der Waals surface area (Å²) in [5.41, 5.74) is 8.63. The van der Waals surface area contributed by atoms with Gasteiger partial charge in [-0.25, -0.2) is 14.4 Å². The van der Waals surface area contributed by atoms with Crippen LogP contribution in [-0.4, -0.2) is 134 Å². The van der Waals surface area contributed by atoms with Crippen LogP contribution < -0.4 is 42.0 Å². The number of piperazine rings is 1. The molecule has 0 unspecified atom stereocenters. The highest BCUT2D eigenvalue weighted by Gasteiger charge is 2.39. The van der Waals surface area contributed by atoms with E-state index in [1.165, 1.54) is 36.3 Å². The summed E-state index contributed by atoms with van der Waals surface area (Å²) >= 11 is 6.57. The number of benzene rings is 3. The number of likely N-dealkylation sites (N-methyl/N-ethyl adjacent to an activating group) is 1. The number of urea groups is 1. The minimum atomic E-state index is -1.05. The molecule has 3 aromatic carbocycles. The molecule has 0 radical (unpaired) electrons. The molecule has 22 heteroatoms. The molecule has 4 heterocycles. The van der Waals surface area contributed by atoms with Crippen molar-refractivity contribution in [1.82, 2.24) is 30.7 Å². The van der Waals surface area contributed by atoms with Crippen LogP contribution in [0.3, 0.4) is 0 Å². The fraction of sp³-hybridized carbons (Fsp3) is 0.400. The van der Waals surface area contributed by atoms with E-state index in [-0.39, 0.29) is 66.3 Å². The standard InChI is InChI=1S/C50H59ClN10O11/c1-7-38(62)58-42(26(2)3)46(65)57-33(9-8-16-53-49(52)68)45(64)55-31-12-10-28(11-13-31)44(63)56-32-14-15-35-29(21-32)22-37(71-35)47(66)61-25-30(24-51)40-34(61)23-36(72-50(69)60-19-17-59(5)18-20-60)43-41(40)39(27(4)54-43)48(67)70-6/h10-15,21-23,26,30,33,42,54H,7-9,16-20,24-25H2,1-6H3,(H,55,64)(H,56,63)(H,57,65)(H,58,62)(H3,52,53,68)/t30-,33+,42+/m1/s1. The lowest BCUT2D eigenvalue weighted by atomic mass is 9.95. The highest BCUT2D eigenvalue weighted by atomic mass is 35.5. The first kappa shape index (κ1) is 52.2. The van der Waals surface area contributed by atoms with Crippen molar-refractivity contribution in [1.29, 1.82) is 0 Å². The van der Waals surface area contributed by atoms with Gasteiger partial charge in [-0.15, -0.1) is 11.6 Å². The molecule has 72 heavy (non-hydrogen) atoms. The second-order valence-electron chi connectivity index (χ2n) is 18.1. The van der Waals surface area contributed by atoms with Crippen LogP contribution in [0.15, 0.2) is 59.0 Å². The Bertz CT molecular complexity index is 2910. The number of ether oxygens (including phenoxy) is 2. The van der Waals surface area contributed by atoms with Crippen LogP contribution in [0, 0.1) is 12.8 Å². The summed E-state index contributed by atoms with van der Waals surface area (Å²) in [5, 5.41) is 14.4. The molecule has 1 fully saturated rings. The van der Waals surface area contributed by atoms with E-state index in [1.807, 2.05) is 7.05 Å². The number of aromatic nitrogens is 1. The number of carbonyl (C=O) groups is 8. The number of nitrogens with one attached hydrogen (secondary N) is 6. The van der Waals surface area contributed by atoms with E-state index in [2.05, 4.69) is 36.5 Å².